The van der Waals surface area contributed by atoms with Crippen LogP contribution >= 0.6 is 0 Å². The van der Waals surface area contributed by atoms with E-state index in [2.05, 4.69) is 558 Å². The van der Waals surface area contributed by atoms with E-state index in [0.29, 0.717) is 0 Å². The van der Waals surface area contributed by atoms with Gasteiger partial charge in [-0.2, -0.15) is 0 Å². The van der Waals surface area contributed by atoms with Crippen LogP contribution in [0.4, 0.5) is 0 Å². The maximum atomic E-state index is 2.75. The molecule has 0 saturated carbocycles. The van der Waals surface area contributed by atoms with Crippen molar-refractivity contribution in [2.45, 2.75) is 5.92 Å². The first kappa shape index (κ1) is 84.3. The van der Waals surface area contributed by atoms with E-state index in [1.165, 1.54) is 88.3 Å². The van der Waals surface area contributed by atoms with Gasteiger partial charge in [-0.3, -0.25) is 0 Å². The molecule has 26 rings (SSSR count). The molecular weight excluding hydrogens is 1710 g/mol. The summed E-state index contributed by atoms with van der Waals surface area (Å²) >= 11 is 0. The zero-order valence-corrected chi connectivity index (χ0v) is 78.3. The normalized spacial score (nSPS) is 13.4. The summed E-state index contributed by atoms with van der Waals surface area (Å²) in [6, 6.07) is 201. The van der Waals surface area contributed by atoms with Crippen LogP contribution in [0.2, 0.25) is 0 Å². The number of rotatable bonds is 20. The van der Waals surface area contributed by atoms with Crippen molar-refractivity contribution in [1.82, 2.24) is 0 Å². The standard InChI is InChI=1S/C142H94/c1-17-51-93(52-18-1)113-87-119(129(101-67-33-9-34-68-101)133(105-75-41-13-42-76-105)125(113)97-59-25-5-26-60-97)117-91-123-137(121-89-115(95-55-21-3-22-56-95)127(99-63-29-7-30-64-99)135(107-79-45-15-46-80-107)131(121)103-71-37-11-38-72-103)112-86-50-84-110-118(120-88-114(94-53-19-2-20-54-94)126(98-61-27-6-28-62-98)134(106-77-43-14-44-78-106)130(120)102-69-35-10-36-70-102)92-124-138(111-85-49-83-109(117)139(111)141(123)142(124)140(110)112)122-90-116(96-57-23-4-24-58-96)128(100-65-31-8-32-66-100)136(108-81-47-16-48-82-108)132(122)104-73-39-12-40-74-104/h1-92,109,139H. The number of hydrogen-bond acceptors (Lipinski definition) is 0. The zero-order valence-electron chi connectivity index (χ0n) is 78.3. The van der Waals surface area contributed by atoms with Gasteiger partial charge in [-0.05, 0) is 302 Å². The molecule has 0 nitrogen and oxygen atoms in total. The summed E-state index contributed by atoms with van der Waals surface area (Å²) in [6.45, 7) is 0. The summed E-state index contributed by atoms with van der Waals surface area (Å²) in [5.41, 5.74) is 49.6. The van der Waals surface area contributed by atoms with Crippen molar-refractivity contribution in [2.75, 3.05) is 0 Å². The Labute approximate surface area is 829 Å². The van der Waals surface area contributed by atoms with Crippen molar-refractivity contribution in [3.8, 4) is 200 Å². The molecule has 0 fully saturated rings. The van der Waals surface area contributed by atoms with Gasteiger partial charge in [-0.15, -0.1) is 0 Å². The highest BCUT2D eigenvalue weighted by molar-refractivity contribution is 6.28. The van der Waals surface area contributed by atoms with Crippen LogP contribution in [0.25, 0.3) is 239 Å². The average molecular weight is 1800 g/mol. The van der Waals surface area contributed by atoms with Crippen LogP contribution in [0.3, 0.4) is 0 Å². The Morgan fingerprint density at radius 1 is 0.155 bits per heavy atom. The summed E-state index contributed by atoms with van der Waals surface area (Å²) in [5.74, 6) is -0.641. The van der Waals surface area contributed by atoms with Crippen LogP contribution in [0.5, 0.6) is 0 Å². The number of benzene rings is 23. The molecule has 0 aromatic heterocycles. The Balaban J connectivity index is 0.944. The molecular formula is C142H94. The van der Waals surface area contributed by atoms with E-state index in [0.717, 1.165) is 178 Å². The molecule has 0 heteroatoms. The van der Waals surface area contributed by atoms with Crippen LogP contribution in [0.1, 0.15) is 28.2 Å². The molecule has 0 aliphatic heterocycles. The Bertz CT molecular complexity index is 8900. The Morgan fingerprint density at radius 3 is 0.704 bits per heavy atom. The number of allylic oxidation sites excluding steroid dienone is 5. The van der Waals surface area contributed by atoms with Gasteiger partial charge in [0, 0.05) is 11.8 Å². The van der Waals surface area contributed by atoms with E-state index in [-0.39, 0.29) is 11.8 Å². The first-order chi connectivity index (χ1) is 70.6. The van der Waals surface area contributed by atoms with Crippen LogP contribution in [-0.4, -0.2) is 0 Å². The molecule has 0 bridgehead atoms. The zero-order chi connectivity index (χ0) is 93.9. The summed E-state index contributed by atoms with van der Waals surface area (Å²) < 4.78 is 0. The fourth-order valence-electron chi connectivity index (χ4n) is 23.8. The van der Waals surface area contributed by atoms with Crippen molar-refractivity contribution in [2.24, 2.45) is 5.92 Å². The summed E-state index contributed by atoms with van der Waals surface area (Å²) in [4.78, 5) is 0. The highest BCUT2D eigenvalue weighted by Crippen LogP contribution is 2.65. The second-order valence-electron chi connectivity index (χ2n) is 37.5. The molecule has 142 heavy (non-hydrogen) atoms. The highest BCUT2D eigenvalue weighted by Gasteiger charge is 2.45. The molecule has 662 valence electrons. The van der Waals surface area contributed by atoms with Gasteiger partial charge in [0.15, 0.2) is 0 Å². The molecule has 0 saturated heterocycles. The SMILES string of the molecule is C1=CC2C(c3cc(-c4ccccc4)c(-c4ccccc4)c(-c4ccccc4)c3-c3ccccc3)=Cc3c(-c4cc(-c5ccccc5)c(-c5ccccc5)c(-c5ccccc5)c4-c4ccccc4)c4cccc5c(-c6cc(-c7ccccc7)c(-c7ccccc7)c(-c7ccccc7)c6-c6ccccc6)cc6c(c3C2C(=C1)C=6c1cc(-c2ccccc2)c(-c2ccccc2)c(-c2ccccc2)c1-c1ccccc1)c54. The van der Waals surface area contributed by atoms with Crippen molar-refractivity contribution >= 4 is 38.8 Å². The third kappa shape index (κ3) is 14.5. The van der Waals surface area contributed by atoms with E-state index >= 15 is 0 Å². The third-order valence-electron chi connectivity index (χ3n) is 29.6. The van der Waals surface area contributed by atoms with Crippen LogP contribution < -0.4 is 5.22 Å². The third-order valence-corrected chi connectivity index (χ3v) is 29.6. The maximum Gasteiger partial charge on any atom is 0.0212 e. The second kappa shape index (κ2) is 36.4. The molecule has 3 aliphatic rings. The highest BCUT2D eigenvalue weighted by atomic mass is 14.5. The summed E-state index contributed by atoms with van der Waals surface area (Å²) in [7, 11) is 0. The van der Waals surface area contributed by atoms with Crippen LogP contribution in [-0.2, 0) is 0 Å². The first-order valence-electron chi connectivity index (χ1n) is 49.5. The largest absolute Gasteiger partial charge is 0.0760 e. The first-order valence-corrected chi connectivity index (χ1v) is 49.5. The minimum atomic E-state index is -0.346. The van der Waals surface area contributed by atoms with Crippen molar-refractivity contribution in [1.29, 1.82) is 0 Å². The topological polar surface area (TPSA) is 0 Å². The molecule has 0 amide bonds. The van der Waals surface area contributed by atoms with E-state index in [1.807, 2.05) is 0 Å². The molecule has 3 aliphatic carbocycles. The molecule has 0 spiro atoms. The molecule has 0 N–H and O–H groups in total. The predicted octanol–water partition coefficient (Wildman–Crippen LogP) is 37.7. The van der Waals surface area contributed by atoms with Gasteiger partial charge in [0.05, 0.1) is 0 Å². The maximum absolute atomic E-state index is 2.75. The smallest absolute Gasteiger partial charge is 0.0212 e. The fourth-order valence-corrected chi connectivity index (χ4v) is 23.8. The molecule has 23 aromatic rings. The predicted molar refractivity (Wildman–Crippen MR) is 601 cm³/mol. The van der Waals surface area contributed by atoms with Crippen LogP contribution in [0.15, 0.2) is 558 Å². The molecule has 0 heterocycles. The minimum Gasteiger partial charge on any atom is -0.0760 e. The van der Waals surface area contributed by atoms with Gasteiger partial charge < -0.3 is 0 Å². The van der Waals surface area contributed by atoms with Gasteiger partial charge in [0.25, 0.3) is 0 Å². The van der Waals surface area contributed by atoms with Crippen molar-refractivity contribution in [3.63, 3.8) is 0 Å². The van der Waals surface area contributed by atoms with Gasteiger partial charge in [-0.1, -0.05) is 522 Å². The average Bonchev–Trinajstić information content (AvgIpc) is 0.667. The van der Waals surface area contributed by atoms with Gasteiger partial charge >= 0.3 is 0 Å². The lowest BCUT2D eigenvalue weighted by Gasteiger charge is -2.43. The monoisotopic (exact) mass is 1800 g/mol. The lowest BCUT2D eigenvalue weighted by atomic mass is 9.59. The lowest BCUT2D eigenvalue weighted by molar-refractivity contribution is 0.690. The van der Waals surface area contributed by atoms with Crippen molar-refractivity contribution in [3.05, 3.63) is 585 Å². The lowest BCUT2D eigenvalue weighted by Crippen LogP contribution is -2.31. The molecule has 2 atom stereocenters. The molecule has 0 radical (unpaired) electrons. The van der Waals surface area contributed by atoms with Gasteiger partial charge in [0.1, 0.15) is 0 Å². The Kier molecular flexibility index (Phi) is 21.6. The fraction of sp³-hybridized carbons (Fsp3) is 0.0141. The summed E-state index contributed by atoms with van der Waals surface area (Å²) in [6.07, 6.45) is 10.4. The minimum absolute atomic E-state index is 0.294. The number of hydrogen-bond donors (Lipinski definition) is 0. The van der Waals surface area contributed by atoms with Gasteiger partial charge in [0.2, 0.25) is 0 Å². The second-order valence-corrected chi connectivity index (χ2v) is 37.5. The Hall–Kier alpha value is -18.2. The van der Waals surface area contributed by atoms with E-state index in [9.17, 15) is 0 Å². The van der Waals surface area contributed by atoms with Crippen LogP contribution in [0, 0.1) is 5.92 Å². The molecule has 2 unspecified atom stereocenters. The van der Waals surface area contributed by atoms with Gasteiger partial charge in [-0.25, -0.2) is 0 Å². The van der Waals surface area contributed by atoms with E-state index in [4.69, 9.17) is 0 Å². The summed E-state index contributed by atoms with van der Waals surface area (Å²) in [5, 5.41) is 5.92. The van der Waals surface area contributed by atoms with E-state index in [1.54, 1.807) is 0 Å². The Morgan fingerprint density at radius 2 is 0.394 bits per heavy atom. The molecule has 23 aromatic carbocycles. The van der Waals surface area contributed by atoms with E-state index < -0.39 is 0 Å². The van der Waals surface area contributed by atoms with Crippen molar-refractivity contribution < 1.29 is 0 Å². The quantitative estimate of drug-likeness (QED) is 0.0713.